The number of carbonyl (C=O) groups is 1. The molecule has 1 rings (SSSR count). The molecule has 0 fully saturated rings. The molecule has 1 aromatic heterocycles. The first-order valence-electron chi connectivity index (χ1n) is 6.89. The van der Waals surface area contributed by atoms with Crippen LogP contribution in [0.3, 0.4) is 0 Å². The van der Waals surface area contributed by atoms with Crippen molar-refractivity contribution in [2.75, 3.05) is 13.1 Å². The molecule has 116 valence electrons. The number of rotatable bonds is 9. The molecule has 1 aromatic rings. The lowest BCUT2D eigenvalue weighted by Gasteiger charge is -2.20. The summed E-state index contributed by atoms with van der Waals surface area (Å²) < 4.78 is 0.778. The lowest BCUT2D eigenvalue weighted by molar-refractivity contribution is -0.131. The van der Waals surface area contributed by atoms with E-state index in [1.807, 2.05) is 24.0 Å². The fourth-order valence-corrected chi connectivity index (χ4v) is 3.04. The van der Waals surface area contributed by atoms with Crippen LogP contribution in [0.2, 0.25) is 4.34 Å². The Hall–Kier alpha value is -0.290. The van der Waals surface area contributed by atoms with E-state index in [1.54, 1.807) is 11.3 Å². The van der Waals surface area contributed by atoms with Gasteiger partial charge in [0.2, 0.25) is 5.91 Å². The van der Waals surface area contributed by atoms with Crippen molar-refractivity contribution in [3.63, 3.8) is 0 Å². The SMILES string of the molecule is CCN(Cc1ccc(Cl)s1)C(=O)CCCCCCN.Cl. The number of carbonyl (C=O) groups excluding carboxylic acids is 1. The van der Waals surface area contributed by atoms with Gasteiger partial charge in [0.05, 0.1) is 10.9 Å². The third kappa shape index (κ3) is 7.48. The number of thiophene rings is 1. The van der Waals surface area contributed by atoms with Crippen molar-refractivity contribution in [2.24, 2.45) is 5.73 Å². The maximum Gasteiger partial charge on any atom is 0.222 e. The lowest BCUT2D eigenvalue weighted by atomic mass is 10.1. The Kier molecular flexibility index (Phi) is 11.2. The minimum atomic E-state index is 0. The zero-order chi connectivity index (χ0) is 14.1. The maximum atomic E-state index is 12.1. The first kappa shape index (κ1) is 19.7. The molecule has 0 radical (unpaired) electrons. The average molecular weight is 339 g/mol. The topological polar surface area (TPSA) is 46.3 Å². The number of nitrogens with two attached hydrogens (primary N) is 1. The highest BCUT2D eigenvalue weighted by molar-refractivity contribution is 7.16. The molecule has 0 aromatic carbocycles. The Labute approximate surface area is 136 Å². The Morgan fingerprint density at radius 3 is 2.55 bits per heavy atom. The van der Waals surface area contributed by atoms with Crippen LogP contribution in [0.1, 0.15) is 43.9 Å². The molecular weight excluding hydrogens is 315 g/mol. The van der Waals surface area contributed by atoms with Crippen LogP contribution in [0, 0.1) is 0 Å². The molecule has 0 unspecified atom stereocenters. The molecule has 0 aliphatic carbocycles. The monoisotopic (exact) mass is 338 g/mol. The lowest BCUT2D eigenvalue weighted by Crippen LogP contribution is -2.29. The highest BCUT2D eigenvalue weighted by Gasteiger charge is 2.12. The van der Waals surface area contributed by atoms with Gasteiger partial charge in [-0.3, -0.25) is 4.79 Å². The van der Waals surface area contributed by atoms with Crippen molar-refractivity contribution in [3.8, 4) is 0 Å². The number of halogens is 2. The van der Waals surface area contributed by atoms with Crippen LogP contribution in [0.25, 0.3) is 0 Å². The summed E-state index contributed by atoms with van der Waals surface area (Å²) in [5, 5.41) is 0. The van der Waals surface area contributed by atoms with E-state index in [-0.39, 0.29) is 18.3 Å². The standard InChI is InChI=1S/C14H23ClN2OS.ClH/c1-2-17(11-12-8-9-13(15)19-12)14(18)7-5-3-4-6-10-16;/h8-9H,2-7,10-11,16H2,1H3;1H. The molecule has 3 nitrogen and oxygen atoms in total. The van der Waals surface area contributed by atoms with Crippen molar-refractivity contribution in [1.82, 2.24) is 4.90 Å². The highest BCUT2D eigenvalue weighted by atomic mass is 35.5. The quantitative estimate of drug-likeness (QED) is 0.689. The second-order valence-corrected chi connectivity index (χ2v) is 6.37. The fourth-order valence-electron chi connectivity index (χ4n) is 1.93. The van der Waals surface area contributed by atoms with Gasteiger partial charge >= 0.3 is 0 Å². The van der Waals surface area contributed by atoms with Crippen LogP contribution in [-0.4, -0.2) is 23.9 Å². The molecule has 0 atom stereocenters. The van der Waals surface area contributed by atoms with E-state index in [1.165, 1.54) is 0 Å². The number of unbranched alkanes of at least 4 members (excludes halogenated alkanes) is 3. The van der Waals surface area contributed by atoms with E-state index in [9.17, 15) is 4.79 Å². The highest BCUT2D eigenvalue weighted by Crippen LogP contribution is 2.23. The first-order valence-corrected chi connectivity index (χ1v) is 8.09. The minimum Gasteiger partial charge on any atom is -0.338 e. The van der Waals surface area contributed by atoms with Gasteiger partial charge in [-0.25, -0.2) is 0 Å². The van der Waals surface area contributed by atoms with Gasteiger partial charge in [-0.1, -0.05) is 24.4 Å². The summed E-state index contributed by atoms with van der Waals surface area (Å²) in [6.45, 7) is 4.18. The van der Waals surface area contributed by atoms with E-state index in [0.717, 1.165) is 48.0 Å². The van der Waals surface area contributed by atoms with E-state index in [2.05, 4.69) is 0 Å². The molecular formula is C14H24Cl2N2OS. The largest absolute Gasteiger partial charge is 0.338 e. The van der Waals surface area contributed by atoms with E-state index in [4.69, 9.17) is 17.3 Å². The molecule has 0 spiro atoms. The number of hydrogen-bond donors (Lipinski definition) is 1. The van der Waals surface area contributed by atoms with Gasteiger partial charge in [-0.05, 0) is 38.4 Å². The first-order chi connectivity index (χ1) is 9.17. The Morgan fingerprint density at radius 1 is 1.30 bits per heavy atom. The maximum absolute atomic E-state index is 12.1. The number of hydrogen-bond acceptors (Lipinski definition) is 3. The molecule has 20 heavy (non-hydrogen) atoms. The predicted octanol–water partition coefficient (Wildman–Crippen LogP) is 4.08. The van der Waals surface area contributed by atoms with Crippen molar-refractivity contribution in [1.29, 1.82) is 0 Å². The Morgan fingerprint density at radius 2 is 2.00 bits per heavy atom. The van der Waals surface area contributed by atoms with Crippen molar-refractivity contribution >= 4 is 41.3 Å². The van der Waals surface area contributed by atoms with Crippen LogP contribution < -0.4 is 5.73 Å². The smallest absolute Gasteiger partial charge is 0.222 e. The summed E-state index contributed by atoms with van der Waals surface area (Å²) in [5.74, 6) is 0.236. The fraction of sp³-hybridized carbons (Fsp3) is 0.643. The van der Waals surface area contributed by atoms with Crippen molar-refractivity contribution in [3.05, 3.63) is 21.3 Å². The second kappa shape index (κ2) is 11.4. The van der Waals surface area contributed by atoms with Crippen molar-refractivity contribution < 1.29 is 4.79 Å². The normalized spacial score (nSPS) is 10.2. The average Bonchev–Trinajstić information content (AvgIpc) is 2.81. The number of amides is 1. The third-order valence-corrected chi connectivity index (χ3v) is 4.27. The summed E-state index contributed by atoms with van der Waals surface area (Å²) >= 11 is 7.45. The van der Waals surface area contributed by atoms with Gasteiger partial charge in [0.15, 0.2) is 0 Å². The summed E-state index contributed by atoms with van der Waals surface area (Å²) in [6.07, 6.45) is 4.86. The van der Waals surface area contributed by atoms with Gasteiger partial charge in [0.25, 0.3) is 0 Å². The predicted molar refractivity (Wildman–Crippen MR) is 89.8 cm³/mol. The van der Waals surface area contributed by atoms with E-state index in [0.29, 0.717) is 13.0 Å². The van der Waals surface area contributed by atoms with Crippen molar-refractivity contribution in [2.45, 2.75) is 45.6 Å². The summed E-state index contributed by atoms with van der Waals surface area (Å²) in [6, 6.07) is 3.87. The summed E-state index contributed by atoms with van der Waals surface area (Å²) in [4.78, 5) is 15.1. The van der Waals surface area contributed by atoms with E-state index >= 15 is 0 Å². The van der Waals surface area contributed by atoms with Gasteiger partial charge in [-0.2, -0.15) is 0 Å². The molecule has 0 bridgehead atoms. The Balaban J connectivity index is 0.00000361. The minimum absolute atomic E-state index is 0. The van der Waals surface area contributed by atoms with Gasteiger partial charge in [0, 0.05) is 17.8 Å². The van der Waals surface area contributed by atoms with Crippen LogP contribution in [0.15, 0.2) is 12.1 Å². The molecule has 1 heterocycles. The summed E-state index contributed by atoms with van der Waals surface area (Å²) in [5.41, 5.74) is 5.44. The van der Waals surface area contributed by atoms with Crippen LogP contribution in [0.5, 0.6) is 0 Å². The zero-order valence-corrected chi connectivity index (χ0v) is 14.3. The second-order valence-electron chi connectivity index (χ2n) is 4.57. The molecule has 2 N–H and O–H groups in total. The molecule has 0 aliphatic heterocycles. The van der Waals surface area contributed by atoms with E-state index < -0.39 is 0 Å². The van der Waals surface area contributed by atoms with Gasteiger partial charge in [-0.15, -0.1) is 23.7 Å². The molecule has 0 saturated carbocycles. The summed E-state index contributed by atoms with van der Waals surface area (Å²) in [7, 11) is 0. The van der Waals surface area contributed by atoms with Crippen LogP contribution >= 0.6 is 35.3 Å². The molecule has 0 aliphatic rings. The molecule has 0 saturated heterocycles. The number of nitrogens with zero attached hydrogens (tertiary/aromatic N) is 1. The van der Waals surface area contributed by atoms with Gasteiger partial charge < -0.3 is 10.6 Å². The zero-order valence-electron chi connectivity index (χ0n) is 11.9. The van der Waals surface area contributed by atoms with Crippen LogP contribution in [-0.2, 0) is 11.3 Å². The van der Waals surface area contributed by atoms with Crippen LogP contribution in [0.4, 0.5) is 0 Å². The molecule has 1 amide bonds. The molecule has 6 heteroatoms. The van der Waals surface area contributed by atoms with Gasteiger partial charge in [0.1, 0.15) is 0 Å². The Bertz CT molecular complexity index is 385. The third-order valence-electron chi connectivity index (χ3n) is 3.05.